The van der Waals surface area contributed by atoms with Gasteiger partial charge in [0.2, 0.25) is 5.91 Å². The van der Waals surface area contributed by atoms with E-state index < -0.39 is 0 Å². The summed E-state index contributed by atoms with van der Waals surface area (Å²) in [6.45, 7) is 7.40. The number of carbonyl (C=O) groups is 2. The number of hydrogen-bond acceptors (Lipinski definition) is 4. The van der Waals surface area contributed by atoms with Crippen molar-refractivity contribution in [3.05, 3.63) is 29.3 Å². The quantitative estimate of drug-likeness (QED) is 0.731. The maximum atomic E-state index is 12.5. The standard InChI is InChI=1S/C18H26N4O2S/c1-5-19-16(23)11-22(6-2)17(24)12-21(4)13(3)18-20-14-9-7-8-10-15(14)25-18/h7-10,13H,5-6,11-12H2,1-4H3,(H,19,23)/p+1/t13-/m0/s1. The molecular formula is C18H27N4O2S+. The third-order valence-corrected chi connectivity index (χ3v) is 5.51. The van der Waals surface area contributed by atoms with Crippen molar-refractivity contribution in [2.75, 3.05) is 33.2 Å². The summed E-state index contributed by atoms with van der Waals surface area (Å²) in [7, 11) is 1.99. The van der Waals surface area contributed by atoms with Crippen LogP contribution < -0.4 is 10.2 Å². The molecule has 7 heteroatoms. The van der Waals surface area contributed by atoms with E-state index in [-0.39, 0.29) is 24.4 Å². The van der Waals surface area contributed by atoms with Gasteiger partial charge in [-0.15, -0.1) is 11.3 Å². The normalized spacial score (nSPS) is 13.4. The Bertz CT molecular complexity index is 698. The first kappa shape index (κ1) is 19.3. The van der Waals surface area contributed by atoms with E-state index in [1.807, 2.05) is 39.1 Å². The van der Waals surface area contributed by atoms with Gasteiger partial charge in [-0.1, -0.05) is 12.1 Å². The summed E-state index contributed by atoms with van der Waals surface area (Å²) in [6, 6.07) is 8.18. The third kappa shape index (κ3) is 4.99. The number of hydrogen-bond donors (Lipinski definition) is 2. The fourth-order valence-corrected chi connectivity index (χ4v) is 3.70. The van der Waals surface area contributed by atoms with Crippen molar-refractivity contribution < 1.29 is 14.5 Å². The van der Waals surface area contributed by atoms with Crippen molar-refractivity contribution >= 4 is 33.4 Å². The molecule has 1 heterocycles. The molecule has 6 nitrogen and oxygen atoms in total. The second kappa shape index (κ2) is 8.92. The van der Waals surface area contributed by atoms with Gasteiger partial charge in [-0.25, -0.2) is 4.98 Å². The lowest BCUT2D eigenvalue weighted by Crippen LogP contribution is -3.10. The van der Waals surface area contributed by atoms with E-state index in [1.54, 1.807) is 16.2 Å². The topological polar surface area (TPSA) is 66.7 Å². The number of rotatable bonds is 8. The molecule has 25 heavy (non-hydrogen) atoms. The molecule has 2 amide bonds. The van der Waals surface area contributed by atoms with Crippen molar-refractivity contribution in [2.45, 2.75) is 26.8 Å². The number of fused-ring (bicyclic) bond motifs is 1. The van der Waals surface area contributed by atoms with Crippen molar-refractivity contribution in [1.29, 1.82) is 0 Å². The van der Waals surface area contributed by atoms with Gasteiger partial charge in [-0.05, 0) is 32.9 Å². The molecule has 2 aromatic rings. The van der Waals surface area contributed by atoms with Gasteiger partial charge in [0.25, 0.3) is 5.91 Å². The van der Waals surface area contributed by atoms with Crippen LogP contribution in [0.3, 0.4) is 0 Å². The first-order chi connectivity index (χ1) is 12.0. The van der Waals surface area contributed by atoms with Crippen LogP contribution in [-0.2, 0) is 9.59 Å². The van der Waals surface area contributed by atoms with Crippen molar-refractivity contribution in [3.63, 3.8) is 0 Å². The van der Waals surface area contributed by atoms with Gasteiger partial charge in [-0.3, -0.25) is 9.59 Å². The molecule has 1 unspecified atom stereocenters. The van der Waals surface area contributed by atoms with E-state index in [0.717, 1.165) is 20.1 Å². The van der Waals surface area contributed by atoms with Crippen molar-refractivity contribution in [1.82, 2.24) is 15.2 Å². The summed E-state index contributed by atoms with van der Waals surface area (Å²) in [5, 5.41) is 3.76. The zero-order valence-electron chi connectivity index (χ0n) is 15.3. The van der Waals surface area contributed by atoms with E-state index in [1.165, 1.54) is 0 Å². The summed E-state index contributed by atoms with van der Waals surface area (Å²) < 4.78 is 1.16. The summed E-state index contributed by atoms with van der Waals surface area (Å²) in [5.74, 6) is -0.131. The van der Waals surface area contributed by atoms with Gasteiger partial charge in [0.1, 0.15) is 6.04 Å². The lowest BCUT2D eigenvalue weighted by atomic mass is 10.3. The van der Waals surface area contributed by atoms with Crippen LogP contribution in [0.4, 0.5) is 0 Å². The molecule has 0 aliphatic rings. The minimum absolute atomic E-state index is 0.0146. The number of quaternary nitrogens is 1. The highest BCUT2D eigenvalue weighted by Crippen LogP contribution is 2.24. The average Bonchev–Trinajstić information content (AvgIpc) is 3.03. The Kier molecular flexibility index (Phi) is 6.90. The highest BCUT2D eigenvalue weighted by molar-refractivity contribution is 7.18. The van der Waals surface area contributed by atoms with Gasteiger partial charge in [0.05, 0.1) is 23.8 Å². The smallest absolute Gasteiger partial charge is 0.278 e. The number of para-hydroxylation sites is 1. The Balaban J connectivity index is 2.00. The average molecular weight is 364 g/mol. The molecular weight excluding hydrogens is 336 g/mol. The Morgan fingerprint density at radius 3 is 2.68 bits per heavy atom. The summed E-state index contributed by atoms with van der Waals surface area (Å²) in [6.07, 6.45) is 0. The number of amides is 2. The predicted molar refractivity (Wildman–Crippen MR) is 101 cm³/mol. The molecule has 0 saturated carbocycles. The summed E-state index contributed by atoms with van der Waals surface area (Å²) in [4.78, 5) is 31.6. The Hall–Kier alpha value is -1.99. The second-order valence-electron chi connectivity index (χ2n) is 6.13. The number of likely N-dealkylation sites (N-methyl/N-ethyl adjacent to an activating group) is 3. The van der Waals surface area contributed by atoms with Crippen LogP contribution in [-0.4, -0.2) is 54.9 Å². The Morgan fingerprint density at radius 1 is 1.32 bits per heavy atom. The van der Waals surface area contributed by atoms with Crippen LogP contribution in [0, 0.1) is 0 Å². The molecule has 2 rings (SSSR count). The van der Waals surface area contributed by atoms with E-state index >= 15 is 0 Å². The third-order valence-electron chi connectivity index (χ3n) is 4.29. The number of nitrogens with one attached hydrogen (secondary N) is 2. The first-order valence-corrected chi connectivity index (χ1v) is 9.50. The fraction of sp³-hybridized carbons (Fsp3) is 0.500. The highest BCUT2D eigenvalue weighted by atomic mass is 32.1. The molecule has 0 spiro atoms. The minimum atomic E-state index is -0.116. The van der Waals surface area contributed by atoms with Gasteiger partial charge in [0.15, 0.2) is 11.6 Å². The molecule has 0 aliphatic heterocycles. The molecule has 0 aliphatic carbocycles. The first-order valence-electron chi connectivity index (χ1n) is 8.68. The van der Waals surface area contributed by atoms with Crippen LogP contribution in [0.2, 0.25) is 0 Å². The van der Waals surface area contributed by atoms with E-state index in [4.69, 9.17) is 0 Å². The van der Waals surface area contributed by atoms with Crippen molar-refractivity contribution in [2.24, 2.45) is 0 Å². The van der Waals surface area contributed by atoms with E-state index in [2.05, 4.69) is 23.3 Å². The van der Waals surface area contributed by atoms with Crippen LogP contribution in [0.1, 0.15) is 31.8 Å². The highest BCUT2D eigenvalue weighted by Gasteiger charge is 2.25. The van der Waals surface area contributed by atoms with Crippen LogP contribution in [0.25, 0.3) is 10.2 Å². The number of carbonyl (C=O) groups excluding carboxylic acids is 2. The molecule has 0 radical (unpaired) electrons. The second-order valence-corrected chi connectivity index (χ2v) is 7.19. The molecule has 0 fully saturated rings. The molecule has 136 valence electrons. The summed E-state index contributed by atoms with van der Waals surface area (Å²) >= 11 is 1.67. The number of nitrogens with zero attached hydrogens (tertiary/aromatic N) is 2. The number of benzene rings is 1. The zero-order valence-corrected chi connectivity index (χ0v) is 16.2. The van der Waals surface area contributed by atoms with Gasteiger partial charge in [-0.2, -0.15) is 0 Å². The number of thiazole rings is 1. The Labute approximate surface area is 152 Å². The van der Waals surface area contributed by atoms with E-state index in [9.17, 15) is 9.59 Å². The molecule has 2 N–H and O–H groups in total. The lowest BCUT2D eigenvalue weighted by molar-refractivity contribution is -0.902. The maximum Gasteiger partial charge on any atom is 0.278 e. The van der Waals surface area contributed by atoms with Crippen molar-refractivity contribution in [3.8, 4) is 0 Å². The lowest BCUT2D eigenvalue weighted by Gasteiger charge is -2.24. The maximum absolute atomic E-state index is 12.5. The monoisotopic (exact) mass is 363 g/mol. The van der Waals surface area contributed by atoms with E-state index in [0.29, 0.717) is 19.6 Å². The molecule has 1 aromatic heterocycles. The molecule has 0 bridgehead atoms. The minimum Gasteiger partial charge on any atom is -0.355 e. The fourth-order valence-electron chi connectivity index (χ4n) is 2.59. The van der Waals surface area contributed by atoms with Gasteiger partial charge >= 0.3 is 0 Å². The predicted octanol–water partition coefficient (Wildman–Crippen LogP) is 0.857. The molecule has 0 saturated heterocycles. The summed E-state index contributed by atoms with van der Waals surface area (Å²) in [5.41, 5.74) is 1.000. The SMILES string of the molecule is CCNC(=O)CN(CC)C(=O)C[NH+](C)[C@@H](C)c1nc2ccccc2s1. The Morgan fingerprint density at radius 2 is 2.04 bits per heavy atom. The van der Waals surface area contributed by atoms with Crippen LogP contribution >= 0.6 is 11.3 Å². The van der Waals surface area contributed by atoms with Gasteiger partial charge < -0.3 is 15.1 Å². The largest absolute Gasteiger partial charge is 0.355 e. The molecule has 2 atom stereocenters. The van der Waals surface area contributed by atoms with Gasteiger partial charge in [0, 0.05) is 13.1 Å². The number of aromatic nitrogens is 1. The molecule has 1 aromatic carbocycles. The van der Waals surface area contributed by atoms with Crippen LogP contribution in [0.15, 0.2) is 24.3 Å². The van der Waals surface area contributed by atoms with Crippen LogP contribution in [0.5, 0.6) is 0 Å². The zero-order chi connectivity index (χ0) is 18.4.